The minimum atomic E-state index is -0.961. The van der Waals surface area contributed by atoms with Crippen molar-refractivity contribution in [3.05, 3.63) is 65.2 Å². The number of carboxylic acids is 1. The van der Waals surface area contributed by atoms with Crippen LogP contribution in [0.5, 0.6) is 5.75 Å². The highest BCUT2D eigenvalue weighted by atomic mass is 16.5. The molecule has 1 aliphatic carbocycles. The predicted octanol–water partition coefficient (Wildman–Crippen LogP) is 2.94. The lowest BCUT2D eigenvalue weighted by Crippen LogP contribution is -2.45. The van der Waals surface area contributed by atoms with Crippen LogP contribution in [0.25, 0.3) is 0 Å². The van der Waals surface area contributed by atoms with E-state index in [2.05, 4.69) is 0 Å². The number of hydrogen-bond acceptors (Lipinski definition) is 3. The molecule has 1 fully saturated rings. The molecule has 27 heavy (non-hydrogen) atoms. The average molecular weight is 363 g/mol. The van der Waals surface area contributed by atoms with Gasteiger partial charge in [0.1, 0.15) is 5.75 Å². The minimum Gasteiger partial charge on any atom is -0.493 e. The summed E-state index contributed by atoms with van der Waals surface area (Å²) in [5.74, 6) is -0.293. The Morgan fingerprint density at radius 1 is 1.11 bits per heavy atom. The fraction of sp³-hybridized carbons (Fsp3) is 0.364. The molecule has 2 aromatic rings. The number of para-hydroxylation sites is 1. The molecule has 2 aliphatic heterocycles. The summed E-state index contributed by atoms with van der Waals surface area (Å²) in [6.07, 6.45) is 2.28. The van der Waals surface area contributed by atoms with E-state index in [1.807, 2.05) is 48.5 Å². The number of ether oxygens (including phenoxy) is 1. The highest BCUT2D eigenvalue weighted by Crippen LogP contribution is 2.61. The zero-order valence-corrected chi connectivity index (χ0v) is 14.9. The van der Waals surface area contributed by atoms with Gasteiger partial charge >= 0.3 is 5.97 Å². The Hall–Kier alpha value is -2.82. The van der Waals surface area contributed by atoms with E-state index < -0.39 is 12.0 Å². The molecule has 0 aromatic heterocycles. The maximum atomic E-state index is 13.4. The Morgan fingerprint density at radius 3 is 2.74 bits per heavy atom. The molecule has 2 heterocycles. The van der Waals surface area contributed by atoms with Gasteiger partial charge in [0, 0.05) is 23.4 Å². The van der Waals surface area contributed by atoms with Crippen molar-refractivity contribution in [1.29, 1.82) is 0 Å². The van der Waals surface area contributed by atoms with Crippen LogP contribution in [-0.4, -0.2) is 35.0 Å². The van der Waals surface area contributed by atoms with Gasteiger partial charge in [0.2, 0.25) is 5.91 Å². The molecule has 1 saturated carbocycles. The van der Waals surface area contributed by atoms with E-state index in [0.29, 0.717) is 19.6 Å². The molecule has 5 heteroatoms. The van der Waals surface area contributed by atoms with Gasteiger partial charge in [-0.2, -0.15) is 0 Å². The summed E-state index contributed by atoms with van der Waals surface area (Å²) in [5, 5.41) is 9.85. The summed E-state index contributed by atoms with van der Waals surface area (Å²) in [6, 6.07) is 14.6. The van der Waals surface area contributed by atoms with Gasteiger partial charge in [-0.1, -0.05) is 42.5 Å². The molecule has 5 rings (SSSR count). The summed E-state index contributed by atoms with van der Waals surface area (Å²) in [6.45, 7) is 1.06. The highest BCUT2D eigenvalue weighted by Gasteiger charge is 2.62. The van der Waals surface area contributed by atoms with Gasteiger partial charge in [0.25, 0.3) is 0 Å². The number of aliphatic carboxylic acids is 1. The first kappa shape index (κ1) is 16.4. The topological polar surface area (TPSA) is 66.8 Å². The van der Waals surface area contributed by atoms with Gasteiger partial charge in [-0.25, -0.2) is 4.79 Å². The van der Waals surface area contributed by atoms with Crippen molar-refractivity contribution in [2.75, 3.05) is 13.2 Å². The number of carbonyl (C=O) groups is 2. The van der Waals surface area contributed by atoms with E-state index in [4.69, 9.17) is 4.74 Å². The largest absolute Gasteiger partial charge is 0.493 e. The zero-order valence-electron chi connectivity index (χ0n) is 14.9. The second-order valence-electron chi connectivity index (χ2n) is 7.73. The number of carboxylic acid groups (broad SMARTS) is 1. The highest BCUT2D eigenvalue weighted by molar-refractivity contribution is 5.90. The molecule has 1 N–H and O–H groups in total. The number of carbonyl (C=O) groups excluding carboxylic acids is 1. The summed E-state index contributed by atoms with van der Waals surface area (Å²) >= 11 is 0. The van der Waals surface area contributed by atoms with Crippen molar-refractivity contribution >= 4 is 11.9 Å². The maximum absolute atomic E-state index is 13.4. The third-order valence-electron chi connectivity index (χ3n) is 6.40. The lowest BCUT2D eigenvalue weighted by Gasteiger charge is -2.36. The Balaban J connectivity index is 1.47. The van der Waals surface area contributed by atoms with Crippen molar-refractivity contribution in [2.24, 2.45) is 5.92 Å². The molecule has 0 radical (unpaired) electrons. The molecular formula is C22H21NO4. The van der Waals surface area contributed by atoms with Gasteiger partial charge in [0.15, 0.2) is 6.04 Å². The number of hydrogen-bond donors (Lipinski definition) is 1. The Bertz CT molecular complexity index is 939. The van der Waals surface area contributed by atoms with Crippen LogP contribution in [0.15, 0.2) is 48.5 Å². The third kappa shape index (κ3) is 2.37. The van der Waals surface area contributed by atoms with E-state index in [9.17, 15) is 14.7 Å². The molecule has 1 spiro atoms. The first-order valence-corrected chi connectivity index (χ1v) is 9.45. The molecule has 3 atom stereocenters. The number of amides is 1. The van der Waals surface area contributed by atoms with Crippen LogP contribution < -0.4 is 4.74 Å². The van der Waals surface area contributed by atoms with Gasteiger partial charge in [-0.05, 0) is 36.5 Å². The van der Waals surface area contributed by atoms with E-state index in [-0.39, 0.29) is 17.2 Å². The summed E-state index contributed by atoms with van der Waals surface area (Å²) in [4.78, 5) is 27.0. The monoisotopic (exact) mass is 363 g/mol. The van der Waals surface area contributed by atoms with Crippen molar-refractivity contribution in [2.45, 2.75) is 30.7 Å². The normalized spacial score (nSPS) is 28.1. The summed E-state index contributed by atoms with van der Waals surface area (Å²) in [7, 11) is 0. The van der Waals surface area contributed by atoms with Crippen LogP contribution in [0, 0.1) is 5.92 Å². The second kappa shape index (κ2) is 5.84. The fourth-order valence-electron chi connectivity index (χ4n) is 4.96. The van der Waals surface area contributed by atoms with Crippen molar-refractivity contribution in [3.8, 4) is 5.75 Å². The van der Waals surface area contributed by atoms with Gasteiger partial charge in [0.05, 0.1) is 6.61 Å². The van der Waals surface area contributed by atoms with E-state index in [1.54, 1.807) is 4.90 Å². The molecule has 0 bridgehead atoms. The quantitative estimate of drug-likeness (QED) is 0.891. The third-order valence-corrected chi connectivity index (χ3v) is 6.40. The number of nitrogens with zero attached hydrogens (tertiary/aromatic N) is 1. The SMILES string of the molecule is O=C(O)C1c2ccccc2CCN1C(=O)[C@@H]1C[C@]12CCOc1ccccc12. The zero-order chi connectivity index (χ0) is 18.6. The molecule has 2 aromatic carbocycles. The van der Waals surface area contributed by atoms with E-state index in [0.717, 1.165) is 35.3 Å². The number of rotatable bonds is 2. The molecule has 1 amide bonds. The van der Waals surface area contributed by atoms with Crippen LogP contribution in [0.3, 0.4) is 0 Å². The Morgan fingerprint density at radius 2 is 1.89 bits per heavy atom. The standard InChI is InChI=1S/C22H21NO4/c24-20(17-13-22(17)10-12-27-18-8-4-3-7-16(18)22)23-11-9-14-5-1-2-6-15(14)19(23)21(25)26/h1-8,17,19H,9-13H2,(H,25,26)/t17-,19?,22-/m0/s1. The van der Waals surface area contributed by atoms with E-state index in [1.165, 1.54) is 0 Å². The Labute approximate surface area is 157 Å². The first-order valence-electron chi connectivity index (χ1n) is 9.45. The van der Waals surface area contributed by atoms with Crippen LogP contribution in [0.2, 0.25) is 0 Å². The van der Waals surface area contributed by atoms with Gasteiger partial charge < -0.3 is 14.7 Å². The number of benzene rings is 2. The average Bonchev–Trinajstić information content (AvgIpc) is 3.41. The minimum absolute atomic E-state index is 0.0337. The van der Waals surface area contributed by atoms with Gasteiger partial charge in [-0.15, -0.1) is 0 Å². The van der Waals surface area contributed by atoms with Crippen molar-refractivity contribution in [1.82, 2.24) is 4.90 Å². The van der Waals surface area contributed by atoms with Crippen molar-refractivity contribution < 1.29 is 19.4 Å². The molecule has 3 aliphatic rings. The maximum Gasteiger partial charge on any atom is 0.331 e. The summed E-state index contributed by atoms with van der Waals surface area (Å²) in [5.41, 5.74) is 2.67. The molecular weight excluding hydrogens is 342 g/mol. The van der Waals surface area contributed by atoms with Crippen molar-refractivity contribution in [3.63, 3.8) is 0 Å². The predicted molar refractivity (Wildman–Crippen MR) is 98.6 cm³/mol. The van der Waals surface area contributed by atoms with Crippen LogP contribution in [0.1, 0.15) is 35.6 Å². The smallest absolute Gasteiger partial charge is 0.331 e. The lowest BCUT2D eigenvalue weighted by molar-refractivity contribution is -0.152. The molecule has 5 nitrogen and oxygen atoms in total. The second-order valence-corrected chi connectivity index (χ2v) is 7.73. The van der Waals surface area contributed by atoms with Gasteiger partial charge in [-0.3, -0.25) is 4.79 Å². The van der Waals surface area contributed by atoms with E-state index >= 15 is 0 Å². The lowest BCUT2D eigenvalue weighted by atomic mass is 9.86. The van der Waals surface area contributed by atoms with Crippen LogP contribution >= 0.6 is 0 Å². The number of fused-ring (bicyclic) bond motifs is 3. The van der Waals surface area contributed by atoms with Crippen LogP contribution in [-0.2, 0) is 21.4 Å². The fourth-order valence-corrected chi connectivity index (χ4v) is 4.96. The first-order chi connectivity index (χ1) is 13.1. The summed E-state index contributed by atoms with van der Waals surface area (Å²) < 4.78 is 5.76. The molecule has 1 unspecified atom stereocenters. The Kier molecular flexibility index (Phi) is 3.54. The molecule has 138 valence electrons. The van der Waals surface area contributed by atoms with Crippen LogP contribution in [0.4, 0.5) is 0 Å². The molecule has 0 saturated heterocycles.